The van der Waals surface area contributed by atoms with Crippen LogP contribution in [0.25, 0.3) is 43.8 Å². The highest BCUT2D eigenvalue weighted by Crippen LogP contribution is 3.01. The first-order valence-corrected chi connectivity index (χ1v) is 27.4. The molecule has 8 aromatic carbocycles. The molecule has 0 saturated heterocycles. The maximum absolute atomic E-state index is 15.3. The fourth-order valence-corrected chi connectivity index (χ4v) is 15.6. The number of hydrogen-bond donors (Lipinski definition) is 2. The molecule has 15 rings (SSSR count). The second-order valence-electron chi connectivity index (χ2n) is 22.0. The van der Waals surface area contributed by atoms with Gasteiger partial charge in [-0.3, -0.25) is 20.2 Å². The second kappa shape index (κ2) is 16.7. The van der Waals surface area contributed by atoms with Gasteiger partial charge in [-0.05, 0) is 97.8 Å². The SMILES string of the molecule is O=C(Nc1cc2c(c3ccccc13)[C@H](CCl)CN2C(=O)C12CC3(C(=O)N4C[C@@H](CCl)c5c4cc(NC(=O)OCC4c6ccccc6-c6ccccc64)c4ccccc54)CC13C2)OCC1c2ccccc2-c2ccccc21. The average molecular weight is 1040 g/mol. The van der Waals surface area contributed by atoms with E-state index in [1.807, 2.05) is 119 Å². The number of hydrogen-bond acceptors (Lipinski definition) is 6. The lowest BCUT2D eigenvalue weighted by molar-refractivity contribution is -0.134. The van der Waals surface area contributed by atoms with Crippen LogP contribution >= 0.6 is 23.2 Å². The quantitative estimate of drug-likeness (QED) is 0.132. The van der Waals surface area contributed by atoms with Crippen LogP contribution < -0.4 is 20.4 Å². The molecule has 10 nitrogen and oxygen atoms in total. The number of amides is 4. The Morgan fingerprint density at radius 3 is 1.17 bits per heavy atom. The number of halogens is 2. The number of ether oxygens (including phenoxy) is 2. The first-order chi connectivity index (χ1) is 37.2. The van der Waals surface area contributed by atoms with E-state index in [2.05, 4.69) is 59.2 Å². The molecular weight excluding hydrogens is 992 g/mol. The van der Waals surface area contributed by atoms with Gasteiger partial charge >= 0.3 is 12.2 Å². The van der Waals surface area contributed by atoms with Crippen LogP contribution in [0.4, 0.5) is 32.3 Å². The van der Waals surface area contributed by atoms with Crippen molar-refractivity contribution in [3.8, 4) is 22.3 Å². The van der Waals surface area contributed by atoms with Gasteiger partial charge in [-0.1, -0.05) is 146 Å². The van der Waals surface area contributed by atoms with E-state index in [0.29, 0.717) is 55.5 Å². The number of fused-ring (bicyclic) bond motifs is 12. The lowest BCUT2D eigenvalue weighted by Gasteiger charge is -2.37. The molecule has 3 saturated carbocycles. The summed E-state index contributed by atoms with van der Waals surface area (Å²) < 4.78 is 12.0. The molecule has 2 aliphatic heterocycles. The van der Waals surface area contributed by atoms with Crippen LogP contribution in [0.2, 0.25) is 0 Å². The van der Waals surface area contributed by atoms with Crippen molar-refractivity contribution >= 4 is 91.5 Å². The minimum absolute atomic E-state index is 0.00527. The van der Waals surface area contributed by atoms with Gasteiger partial charge in [0.25, 0.3) is 0 Å². The average Bonchev–Trinajstić information content (AvgIpc) is 1.65. The van der Waals surface area contributed by atoms with Crippen molar-refractivity contribution in [2.45, 2.75) is 42.9 Å². The van der Waals surface area contributed by atoms with Gasteiger partial charge in [0.15, 0.2) is 0 Å². The minimum atomic E-state index is -0.679. The highest BCUT2D eigenvalue weighted by Gasteiger charge is 3.01. The Morgan fingerprint density at radius 2 is 0.816 bits per heavy atom. The van der Waals surface area contributed by atoms with Gasteiger partial charge in [0.1, 0.15) is 13.2 Å². The first kappa shape index (κ1) is 45.7. The number of carbonyl (C=O) groups is 4. The summed E-state index contributed by atoms with van der Waals surface area (Å²) in [6.45, 7) is 1.13. The Labute approximate surface area is 448 Å². The van der Waals surface area contributed by atoms with Crippen LogP contribution in [0.3, 0.4) is 0 Å². The number of rotatable bonds is 10. The predicted octanol–water partition coefficient (Wildman–Crippen LogP) is 13.9. The number of anilines is 4. The van der Waals surface area contributed by atoms with Gasteiger partial charge in [-0.25, -0.2) is 9.59 Å². The number of alkyl halides is 2. The van der Waals surface area contributed by atoms with E-state index in [9.17, 15) is 9.59 Å². The van der Waals surface area contributed by atoms with Crippen LogP contribution in [-0.2, 0) is 19.1 Å². The summed E-state index contributed by atoms with van der Waals surface area (Å²) in [7, 11) is 0. The molecule has 4 atom stereocenters. The molecule has 76 heavy (non-hydrogen) atoms. The van der Waals surface area contributed by atoms with E-state index >= 15 is 9.59 Å². The topological polar surface area (TPSA) is 117 Å². The van der Waals surface area contributed by atoms with E-state index in [0.717, 1.165) is 88.6 Å². The molecule has 0 bridgehead atoms. The molecular formula is C64H50Cl2N4O6. The molecule has 3 fully saturated rings. The van der Waals surface area contributed by atoms with E-state index in [1.54, 1.807) is 0 Å². The van der Waals surface area contributed by atoms with E-state index < -0.39 is 28.4 Å². The van der Waals surface area contributed by atoms with E-state index in [-0.39, 0.29) is 48.7 Å². The third kappa shape index (κ3) is 6.28. The molecule has 1 spiro atoms. The van der Waals surface area contributed by atoms with Crippen molar-refractivity contribution in [1.82, 2.24) is 0 Å². The normalized spacial score (nSPS) is 23.6. The standard InChI is InChI=1S/C64H50Cl2N4O6/c65-27-36-29-69(54-25-52(46-21-9-11-23-48(46)56(36)54)67-60(73)75-31-50-42-17-5-1-13-38(42)39-14-2-6-18-43(39)50)58(71)62-33-63(35-64(62,63)34-62)59(72)70-30-37(28-66)57-49-24-12-10-22-47(49)53(26-55(57)70)68-61(74)76-32-51-44-19-7-3-15-40(44)41-16-4-8-20-45(41)51/h1-26,36-37,50-51H,27-35H2,(H,67,73)(H,68,74)/t36-,37-,62?,63?,64?/m1/s1. The van der Waals surface area contributed by atoms with Crippen LogP contribution in [0.1, 0.15) is 76.3 Å². The second-order valence-corrected chi connectivity index (χ2v) is 22.6. The summed E-state index contributed by atoms with van der Waals surface area (Å²) >= 11 is 13.5. The Balaban J connectivity index is 0.681. The minimum Gasteiger partial charge on any atom is -0.448 e. The fourth-order valence-electron chi connectivity index (χ4n) is 15.1. The first-order valence-electron chi connectivity index (χ1n) is 26.3. The maximum Gasteiger partial charge on any atom is 0.411 e. The molecule has 0 aromatic heterocycles. The van der Waals surface area contributed by atoms with Crippen molar-refractivity contribution in [2.24, 2.45) is 16.2 Å². The Kier molecular flexibility index (Phi) is 10.0. The summed E-state index contributed by atoms with van der Waals surface area (Å²) in [5, 5.41) is 9.65. The molecule has 2 heterocycles. The monoisotopic (exact) mass is 1040 g/mol. The zero-order valence-corrected chi connectivity index (χ0v) is 42.8. The largest absolute Gasteiger partial charge is 0.448 e. The van der Waals surface area contributed by atoms with Crippen molar-refractivity contribution in [1.29, 1.82) is 0 Å². The third-order valence-corrected chi connectivity index (χ3v) is 19.3. The zero-order valence-electron chi connectivity index (χ0n) is 41.3. The van der Waals surface area contributed by atoms with Crippen molar-refractivity contribution in [3.63, 3.8) is 0 Å². The molecule has 2 unspecified atom stereocenters. The molecule has 4 amide bonds. The summed E-state index contributed by atoms with van der Waals surface area (Å²) in [5.74, 6) is 0.166. The molecule has 12 heteroatoms. The molecule has 5 aliphatic carbocycles. The van der Waals surface area contributed by atoms with E-state index in [4.69, 9.17) is 32.7 Å². The lowest BCUT2D eigenvalue weighted by atomic mass is 9.72. The van der Waals surface area contributed by atoms with E-state index in [1.165, 1.54) is 0 Å². The Hall–Kier alpha value is -7.66. The Bertz CT molecular complexity index is 3540. The third-order valence-electron chi connectivity index (χ3n) is 18.6. The van der Waals surface area contributed by atoms with Crippen LogP contribution in [0.15, 0.2) is 158 Å². The Morgan fingerprint density at radius 1 is 0.474 bits per heavy atom. The fraction of sp³-hybridized carbons (Fsp3) is 0.250. The van der Waals surface area contributed by atoms with Crippen LogP contribution in [0.5, 0.6) is 0 Å². The van der Waals surface area contributed by atoms with Crippen molar-refractivity contribution in [2.75, 3.05) is 58.5 Å². The van der Waals surface area contributed by atoms with Gasteiger partial charge < -0.3 is 19.3 Å². The smallest absolute Gasteiger partial charge is 0.411 e. The van der Waals surface area contributed by atoms with Gasteiger partial charge in [0, 0.05) is 76.1 Å². The lowest BCUT2D eigenvalue weighted by Crippen LogP contribution is -2.49. The van der Waals surface area contributed by atoms with Crippen LogP contribution in [-0.4, -0.2) is 62.1 Å². The van der Waals surface area contributed by atoms with Gasteiger partial charge in [-0.15, -0.1) is 23.2 Å². The van der Waals surface area contributed by atoms with Crippen molar-refractivity contribution < 1.29 is 28.7 Å². The van der Waals surface area contributed by atoms with Gasteiger partial charge in [0.2, 0.25) is 11.8 Å². The predicted molar refractivity (Wildman–Crippen MR) is 298 cm³/mol. The summed E-state index contributed by atoms with van der Waals surface area (Å²) in [4.78, 5) is 62.0. The summed E-state index contributed by atoms with van der Waals surface area (Å²) in [6.07, 6.45) is 0.552. The van der Waals surface area contributed by atoms with Crippen molar-refractivity contribution in [3.05, 3.63) is 191 Å². The summed E-state index contributed by atoms with van der Waals surface area (Å²) in [6, 6.07) is 52.6. The number of benzene rings is 8. The maximum atomic E-state index is 15.3. The molecule has 2 N–H and O–H groups in total. The number of nitrogens with one attached hydrogen (secondary N) is 2. The van der Waals surface area contributed by atoms with Gasteiger partial charge in [-0.2, -0.15) is 0 Å². The zero-order chi connectivity index (χ0) is 51.2. The summed E-state index contributed by atoms with van der Waals surface area (Å²) in [5.41, 5.74) is 11.8. The molecule has 376 valence electrons. The molecule has 8 aromatic rings. The molecule has 7 aliphatic rings. The van der Waals surface area contributed by atoms with Crippen LogP contribution in [0, 0.1) is 16.2 Å². The number of nitrogens with zero attached hydrogens (tertiary/aromatic N) is 2. The molecule has 0 radical (unpaired) electrons. The van der Waals surface area contributed by atoms with Gasteiger partial charge in [0.05, 0.1) is 22.2 Å². The highest BCUT2D eigenvalue weighted by atomic mass is 35.5. The highest BCUT2D eigenvalue weighted by molar-refractivity contribution is 6.21. The number of carbonyl (C=O) groups excluding carboxylic acids is 4.